The standard InChI is InChI=1S/C16H25NO2/c1-6-7-13-14(17)11-8-10(18-5)9-12(15(11)19-13)16(2,3)4/h8-9,13-14H,6-7,17H2,1-5H3. The Kier molecular flexibility index (Phi) is 3.77. The first-order chi connectivity index (χ1) is 8.88. The summed E-state index contributed by atoms with van der Waals surface area (Å²) in [7, 11) is 1.69. The molecule has 2 atom stereocenters. The Morgan fingerprint density at radius 2 is 2.00 bits per heavy atom. The lowest BCUT2D eigenvalue weighted by atomic mass is 9.84. The second-order valence-corrected chi connectivity index (χ2v) is 6.31. The third-order valence-corrected chi connectivity index (χ3v) is 3.74. The summed E-state index contributed by atoms with van der Waals surface area (Å²) in [6.45, 7) is 8.71. The lowest BCUT2D eigenvalue weighted by molar-refractivity contribution is 0.191. The first kappa shape index (κ1) is 14.2. The fraction of sp³-hybridized carbons (Fsp3) is 0.625. The molecule has 3 heteroatoms. The average molecular weight is 263 g/mol. The number of nitrogens with two attached hydrogens (primary N) is 1. The minimum atomic E-state index is -0.0499. The van der Waals surface area contributed by atoms with Crippen molar-refractivity contribution < 1.29 is 9.47 Å². The molecule has 1 aliphatic heterocycles. The minimum Gasteiger partial charge on any atom is -0.497 e. The molecule has 2 unspecified atom stereocenters. The number of methoxy groups -OCH3 is 1. The van der Waals surface area contributed by atoms with E-state index in [-0.39, 0.29) is 17.6 Å². The summed E-state index contributed by atoms with van der Waals surface area (Å²) in [5.41, 5.74) is 8.61. The molecule has 0 spiro atoms. The molecule has 2 rings (SSSR count). The topological polar surface area (TPSA) is 44.5 Å². The van der Waals surface area contributed by atoms with Crippen LogP contribution in [0.4, 0.5) is 0 Å². The highest BCUT2D eigenvalue weighted by Crippen LogP contribution is 2.45. The van der Waals surface area contributed by atoms with E-state index in [1.165, 1.54) is 5.56 Å². The van der Waals surface area contributed by atoms with Crippen molar-refractivity contribution >= 4 is 0 Å². The zero-order valence-corrected chi connectivity index (χ0v) is 12.6. The number of hydrogen-bond donors (Lipinski definition) is 1. The molecule has 0 saturated carbocycles. The van der Waals surface area contributed by atoms with Crippen LogP contribution in [0.15, 0.2) is 12.1 Å². The van der Waals surface area contributed by atoms with Crippen LogP contribution in [0.25, 0.3) is 0 Å². The predicted octanol–water partition coefficient (Wildman–Crippen LogP) is 3.55. The van der Waals surface area contributed by atoms with Crippen molar-refractivity contribution in [2.75, 3.05) is 7.11 Å². The van der Waals surface area contributed by atoms with Crippen LogP contribution in [0.5, 0.6) is 11.5 Å². The van der Waals surface area contributed by atoms with Crippen molar-refractivity contribution in [2.24, 2.45) is 5.73 Å². The first-order valence-electron chi connectivity index (χ1n) is 7.03. The normalized spacial score (nSPS) is 22.0. The van der Waals surface area contributed by atoms with Crippen molar-refractivity contribution in [3.05, 3.63) is 23.3 Å². The summed E-state index contributed by atoms with van der Waals surface area (Å²) in [6, 6.07) is 4.04. The second-order valence-electron chi connectivity index (χ2n) is 6.31. The van der Waals surface area contributed by atoms with Gasteiger partial charge in [0, 0.05) is 11.1 Å². The molecule has 106 valence electrons. The molecule has 0 saturated heterocycles. The maximum atomic E-state index is 6.33. The maximum Gasteiger partial charge on any atom is 0.128 e. The Morgan fingerprint density at radius 3 is 2.53 bits per heavy atom. The van der Waals surface area contributed by atoms with E-state index >= 15 is 0 Å². The van der Waals surface area contributed by atoms with E-state index in [0.717, 1.165) is 29.9 Å². The number of benzene rings is 1. The Labute approximate surface area is 116 Å². The summed E-state index contributed by atoms with van der Waals surface area (Å²) in [5, 5.41) is 0. The Bertz CT molecular complexity index is 463. The number of ether oxygens (including phenoxy) is 2. The van der Waals surface area contributed by atoms with E-state index in [1.807, 2.05) is 6.07 Å². The monoisotopic (exact) mass is 263 g/mol. The van der Waals surface area contributed by atoms with Crippen molar-refractivity contribution in [3.8, 4) is 11.5 Å². The number of hydrogen-bond acceptors (Lipinski definition) is 3. The molecular weight excluding hydrogens is 238 g/mol. The Balaban J connectivity index is 2.50. The fourth-order valence-corrected chi connectivity index (χ4v) is 2.63. The van der Waals surface area contributed by atoms with E-state index in [2.05, 4.69) is 33.8 Å². The van der Waals surface area contributed by atoms with E-state index in [0.29, 0.717) is 0 Å². The molecule has 0 radical (unpaired) electrons. The van der Waals surface area contributed by atoms with Gasteiger partial charge in [-0.1, -0.05) is 34.1 Å². The van der Waals surface area contributed by atoms with Crippen LogP contribution in [0.2, 0.25) is 0 Å². The van der Waals surface area contributed by atoms with Gasteiger partial charge in [0.1, 0.15) is 17.6 Å². The van der Waals surface area contributed by atoms with Crippen molar-refractivity contribution in [1.29, 1.82) is 0 Å². The first-order valence-corrected chi connectivity index (χ1v) is 7.03. The van der Waals surface area contributed by atoms with Crippen LogP contribution >= 0.6 is 0 Å². The molecule has 1 aromatic rings. The third kappa shape index (κ3) is 2.57. The fourth-order valence-electron chi connectivity index (χ4n) is 2.63. The highest BCUT2D eigenvalue weighted by atomic mass is 16.5. The third-order valence-electron chi connectivity index (χ3n) is 3.74. The molecule has 0 aliphatic carbocycles. The molecule has 0 aromatic heterocycles. The molecule has 2 N–H and O–H groups in total. The molecule has 1 heterocycles. The number of fused-ring (bicyclic) bond motifs is 1. The largest absolute Gasteiger partial charge is 0.497 e. The summed E-state index contributed by atoms with van der Waals surface area (Å²) < 4.78 is 11.5. The quantitative estimate of drug-likeness (QED) is 0.907. The van der Waals surface area contributed by atoms with Crippen LogP contribution in [0.1, 0.15) is 57.7 Å². The summed E-state index contributed by atoms with van der Waals surface area (Å²) in [6.07, 6.45) is 2.16. The molecule has 0 amide bonds. The second kappa shape index (κ2) is 5.04. The molecule has 0 bridgehead atoms. The minimum absolute atomic E-state index is 0.0133. The van der Waals surface area contributed by atoms with Crippen LogP contribution in [-0.4, -0.2) is 13.2 Å². The lowest BCUT2D eigenvalue weighted by Gasteiger charge is -2.23. The van der Waals surface area contributed by atoms with Gasteiger partial charge in [0.2, 0.25) is 0 Å². The zero-order chi connectivity index (χ0) is 14.2. The van der Waals surface area contributed by atoms with Gasteiger partial charge in [0.15, 0.2) is 0 Å². The predicted molar refractivity (Wildman–Crippen MR) is 77.9 cm³/mol. The average Bonchev–Trinajstić information content (AvgIpc) is 2.65. The van der Waals surface area contributed by atoms with Crippen LogP contribution in [0, 0.1) is 0 Å². The van der Waals surface area contributed by atoms with E-state index in [4.69, 9.17) is 15.2 Å². The highest BCUT2D eigenvalue weighted by Gasteiger charge is 2.35. The molecule has 19 heavy (non-hydrogen) atoms. The van der Waals surface area contributed by atoms with E-state index < -0.39 is 0 Å². The molecule has 3 nitrogen and oxygen atoms in total. The van der Waals surface area contributed by atoms with Crippen LogP contribution in [-0.2, 0) is 5.41 Å². The highest BCUT2D eigenvalue weighted by molar-refractivity contribution is 5.54. The lowest BCUT2D eigenvalue weighted by Crippen LogP contribution is -2.25. The summed E-state index contributed by atoms with van der Waals surface area (Å²) in [4.78, 5) is 0. The van der Waals surface area contributed by atoms with Crippen molar-refractivity contribution in [1.82, 2.24) is 0 Å². The van der Waals surface area contributed by atoms with E-state index in [1.54, 1.807) is 7.11 Å². The summed E-state index contributed by atoms with van der Waals surface area (Å²) >= 11 is 0. The molecular formula is C16H25NO2. The SMILES string of the molecule is CCCC1Oc2c(cc(OC)cc2C(C)(C)C)C1N. The van der Waals surface area contributed by atoms with Crippen molar-refractivity contribution in [3.63, 3.8) is 0 Å². The summed E-state index contributed by atoms with van der Waals surface area (Å²) in [5.74, 6) is 1.83. The van der Waals surface area contributed by atoms with Gasteiger partial charge >= 0.3 is 0 Å². The van der Waals surface area contributed by atoms with E-state index in [9.17, 15) is 0 Å². The van der Waals surface area contributed by atoms with Gasteiger partial charge in [0.25, 0.3) is 0 Å². The van der Waals surface area contributed by atoms with Gasteiger partial charge in [-0.2, -0.15) is 0 Å². The Hall–Kier alpha value is -1.22. The zero-order valence-electron chi connectivity index (χ0n) is 12.6. The van der Waals surface area contributed by atoms with Crippen LogP contribution < -0.4 is 15.2 Å². The van der Waals surface area contributed by atoms with Crippen molar-refractivity contribution in [2.45, 2.75) is 58.1 Å². The van der Waals surface area contributed by atoms with Gasteiger partial charge in [0.05, 0.1) is 13.2 Å². The van der Waals surface area contributed by atoms with Gasteiger partial charge in [-0.25, -0.2) is 0 Å². The maximum absolute atomic E-state index is 6.33. The van der Waals surface area contributed by atoms with Crippen LogP contribution in [0.3, 0.4) is 0 Å². The smallest absolute Gasteiger partial charge is 0.128 e. The Morgan fingerprint density at radius 1 is 1.32 bits per heavy atom. The van der Waals surface area contributed by atoms with Gasteiger partial charge < -0.3 is 15.2 Å². The van der Waals surface area contributed by atoms with Gasteiger partial charge in [-0.05, 0) is 24.0 Å². The van der Waals surface area contributed by atoms with Gasteiger partial charge in [-0.3, -0.25) is 0 Å². The number of rotatable bonds is 3. The molecule has 1 aromatic carbocycles. The molecule has 1 aliphatic rings. The van der Waals surface area contributed by atoms with Gasteiger partial charge in [-0.15, -0.1) is 0 Å². The molecule has 0 fully saturated rings.